The highest BCUT2D eigenvalue weighted by molar-refractivity contribution is 6.32. The number of aromatic nitrogens is 2. The Morgan fingerprint density at radius 1 is 1.25 bits per heavy atom. The molecule has 0 fully saturated rings. The van der Waals surface area contributed by atoms with Gasteiger partial charge in [-0.3, -0.25) is 14.9 Å². The lowest BCUT2D eigenvalue weighted by molar-refractivity contribution is -0.384. The number of nitrogens with zero attached hydrogens (tertiary/aromatic N) is 3. The van der Waals surface area contributed by atoms with Gasteiger partial charge in [-0.1, -0.05) is 11.6 Å². The van der Waals surface area contributed by atoms with Crippen molar-refractivity contribution in [3.63, 3.8) is 0 Å². The second-order valence-electron chi connectivity index (χ2n) is 6.00. The third kappa shape index (κ3) is 3.23. The average molecular weight is 401 g/mol. The molecular formula is C18H13ClN4O5. The number of benzene rings is 2. The predicted molar refractivity (Wildman–Crippen MR) is 100 cm³/mol. The molecule has 2 heterocycles. The number of nitro benzene ring substituents is 1. The molecule has 0 atom stereocenters. The van der Waals surface area contributed by atoms with Gasteiger partial charge < -0.3 is 14.8 Å². The van der Waals surface area contributed by atoms with Crippen LogP contribution in [0, 0.1) is 17.0 Å². The van der Waals surface area contributed by atoms with E-state index < -0.39 is 10.8 Å². The van der Waals surface area contributed by atoms with Crippen molar-refractivity contribution in [2.24, 2.45) is 0 Å². The number of hydrogen-bond acceptors (Lipinski definition) is 6. The number of non-ortho nitro benzene ring substituents is 1. The second-order valence-corrected chi connectivity index (χ2v) is 6.41. The Morgan fingerprint density at radius 2 is 2.00 bits per heavy atom. The van der Waals surface area contributed by atoms with Crippen molar-refractivity contribution in [2.45, 2.75) is 6.92 Å². The van der Waals surface area contributed by atoms with Gasteiger partial charge in [-0.25, -0.2) is 4.68 Å². The molecule has 142 valence electrons. The fourth-order valence-electron chi connectivity index (χ4n) is 2.79. The molecule has 0 unspecified atom stereocenters. The molecule has 1 N–H and O–H groups in total. The Morgan fingerprint density at radius 3 is 2.71 bits per heavy atom. The Kier molecular flexibility index (Phi) is 4.36. The van der Waals surface area contributed by atoms with E-state index in [0.717, 1.165) is 0 Å². The Hall–Kier alpha value is -3.59. The number of fused-ring (bicyclic) bond motifs is 1. The largest absolute Gasteiger partial charge is 0.454 e. The number of hydrogen-bond donors (Lipinski definition) is 1. The van der Waals surface area contributed by atoms with Gasteiger partial charge in [0, 0.05) is 23.8 Å². The summed E-state index contributed by atoms with van der Waals surface area (Å²) < 4.78 is 12.0. The molecular weight excluding hydrogens is 388 g/mol. The van der Waals surface area contributed by atoms with Gasteiger partial charge in [-0.05, 0) is 31.2 Å². The number of nitrogens with one attached hydrogen (secondary N) is 1. The van der Waals surface area contributed by atoms with Crippen molar-refractivity contribution < 1.29 is 19.2 Å². The summed E-state index contributed by atoms with van der Waals surface area (Å²) in [6.45, 7) is 1.82. The summed E-state index contributed by atoms with van der Waals surface area (Å²) in [6.07, 6.45) is 0. The predicted octanol–water partition coefficient (Wildman–Crippen LogP) is 3.72. The number of carbonyl (C=O) groups is 1. The molecule has 1 aromatic heterocycles. The summed E-state index contributed by atoms with van der Waals surface area (Å²) in [5.74, 6) is 0.802. The number of carbonyl (C=O) groups excluding carboxylic acids is 1. The highest BCUT2D eigenvalue weighted by Crippen LogP contribution is 2.40. The van der Waals surface area contributed by atoms with Crippen LogP contribution in [0.3, 0.4) is 0 Å². The van der Waals surface area contributed by atoms with E-state index in [4.69, 9.17) is 21.1 Å². The van der Waals surface area contributed by atoms with Crippen molar-refractivity contribution in [2.75, 3.05) is 12.1 Å². The van der Waals surface area contributed by atoms with Crippen LogP contribution < -0.4 is 14.8 Å². The maximum Gasteiger partial charge on any atom is 0.269 e. The summed E-state index contributed by atoms with van der Waals surface area (Å²) in [5, 5.41) is 18.2. The molecule has 0 saturated carbocycles. The molecule has 0 spiro atoms. The van der Waals surface area contributed by atoms with E-state index in [1.807, 2.05) is 0 Å². The number of nitro groups is 1. The number of rotatable bonds is 4. The van der Waals surface area contributed by atoms with Gasteiger partial charge in [0.2, 0.25) is 6.79 Å². The molecule has 2 aromatic carbocycles. The van der Waals surface area contributed by atoms with Gasteiger partial charge in [0.15, 0.2) is 11.5 Å². The highest BCUT2D eigenvalue weighted by atomic mass is 35.5. The van der Waals surface area contributed by atoms with Crippen molar-refractivity contribution in [3.05, 3.63) is 68.9 Å². The standard InChI is InChI=1S/C18H13ClN4O5/c1-10-6-16(22(21-10)12-2-4-13(5-3-12)23(25)26)20-18(24)11-7-14(19)17-15(8-11)27-9-28-17/h2-8H,9H2,1H3,(H,20,24). The number of aryl methyl sites for hydroxylation is 1. The Labute approximate surface area is 163 Å². The Balaban J connectivity index is 1.63. The molecule has 9 nitrogen and oxygen atoms in total. The van der Waals surface area contributed by atoms with Crippen LogP contribution in [-0.4, -0.2) is 27.4 Å². The third-order valence-electron chi connectivity index (χ3n) is 4.07. The lowest BCUT2D eigenvalue weighted by Crippen LogP contribution is -2.15. The lowest BCUT2D eigenvalue weighted by Gasteiger charge is -2.10. The molecule has 10 heteroatoms. The molecule has 0 bridgehead atoms. The van der Waals surface area contributed by atoms with E-state index in [0.29, 0.717) is 34.3 Å². The fourth-order valence-corrected chi connectivity index (χ4v) is 3.05. The molecule has 0 saturated heterocycles. The number of halogens is 1. The van der Waals surface area contributed by atoms with Crippen LogP contribution >= 0.6 is 11.6 Å². The van der Waals surface area contributed by atoms with Crippen LogP contribution in [0.15, 0.2) is 42.5 Å². The van der Waals surface area contributed by atoms with Crippen molar-refractivity contribution in [3.8, 4) is 17.2 Å². The SMILES string of the molecule is Cc1cc(NC(=O)c2cc(Cl)c3c(c2)OCO3)n(-c2ccc([N+](=O)[O-])cc2)n1. The summed E-state index contributed by atoms with van der Waals surface area (Å²) in [4.78, 5) is 23.1. The number of ether oxygens (including phenoxy) is 2. The minimum absolute atomic E-state index is 0.0341. The van der Waals surface area contributed by atoms with Crippen molar-refractivity contribution >= 4 is 29.0 Å². The normalized spacial score (nSPS) is 12.1. The zero-order valence-electron chi connectivity index (χ0n) is 14.5. The quantitative estimate of drug-likeness (QED) is 0.528. The molecule has 1 aliphatic rings. The molecule has 28 heavy (non-hydrogen) atoms. The molecule has 3 aromatic rings. The van der Waals surface area contributed by atoms with Gasteiger partial charge in [0.05, 0.1) is 21.3 Å². The lowest BCUT2D eigenvalue weighted by atomic mass is 10.2. The maximum absolute atomic E-state index is 12.7. The van der Waals surface area contributed by atoms with Crippen molar-refractivity contribution in [1.82, 2.24) is 9.78 Å². The van der Waals surface area contributed by atoms with E-state index in [9.17, 15) is 14.9 Å². The van der Waals surface area contributed by atoms with Gasteiger partial charge in [-0.2, -0.15) is 5.10 Å². The second kappa shape index (κ2) is 6.86. The number of anilines is 1. The maximum atomic E-state index is 12.7. The van der Waals surface area contributed by atoms with Gasteiger partial charge >= 0.3 is 0 Å². The van der Waals surface area contributed by atoms with Crippen LogP contribution in [-0.2, 0) is 0 Å². The molecule has 0 aliphatic carbocycles. The molecule has 4 rings (SSSR count). The topological polar surface area (TPSA) is 109 Å². The first-order chi connectivity index (χ1) is 13.4. The third-order valence-corrected chi connectivity index (χ3v) is 4.35. The van der Waals surface area contributed by atoms with Crippen molar-refractivity contribution in [1.29, 1.82) is 0 Å². The van der Waals surface area contributed by atoms with Crippen LogP contribution in [0.4, 0.5) is 11.5 Å². The van der Waals surface area contributed by atoms with Gasteiger partial charge in [-0.15, -0.1) is 0 Å². The molecule has 0 radical (unpaired) electrons. The Bertz CT molecular complexity index is 1090. The first-order valence-corrected chi connectivity index (χ1v) is 8.52. The van der Waals surface area contributed by atoms with Gasteiger partial charge in [0.1, 0.15) is 5.82 Å². The summed E-state index contributed by atoms with van der Waals surface area (Å²) in [5.41, 5.74) is 1.49. The minimum Gasteiger partial charge on any atom is -0.454 e. The van der Waals surface area contributed by atoms with E-state index in [2.05, 4.69) is 10.4 Å². The summed E-state index contributed by atoms with van der Waals surface area (Å²) >= 11 is 6.14. The van der Waals surface area contributed by atoms with E-state index in [-0.39, 0.29) is 17.5 Å². The van der Waals surface area contributed by atoms with E-state index in [1.165, 1.54) is 22.9 Å². The summed E-state index contributed by atoms with van der Waals surface area (Å²) in [6, 6.07) is 10.6. The average Bonchev–Trinajstić information content (AvgIpc) is 3.28. The fraction of sp³-hybridized carbons (Fsp3) is 0.111. The first-order valence-electron chi connectivity index (χ1n) is 8.14. The number of amides is 1. The first kappa shape index (κ1) is 17.8. The van der Waals surface area contributed by atoms with Crippen LogP contribution in [0.2, 0.25) is 5.02 Å². The van der Waals surface area contributed by atoms with E-state index >= 15 is 0 Å². The smallest absolute Gasteiger partial charge is 0.269 e. The zero-order valence-corrected chi connectivity index (χ0v) is 15.3. The van der Waals surface area contributed by atoms with Crippen LogP contribution in [0.1, 0.15) is 16.1 Å². The highest BCUT2D eigenvalue weighted by Gasteiger charge is 2.21. The van der Waals surface area contributed by atoms with Crippen LogP contribution in [0.5, 0.6) is 11.5 Å². The molecule has 1 amide bonds. The van der Waals surface area contributed by atoms with Crippen LogP contribution in [0.25, 0.3) is 5.69 Å². The zero-order chi connectivity index (χ0) is 19.8. The minimum atomic E-state index is -0.482. The van der Waals surface area contributed by atoms with Gasteiger partial charge in [0.25, 0.3) is 11.6 Å². The van der Waals surface area contributed by atoms with E-state index in [1.54, 1.807) is 31.2 Å². The summed E-state index contributed by atoms with van der Waals surface area (Å²) in [7, 11) is 0. The molecule has 1 aliphatic heterocycles. The monoisotopic (exact) mass is 400 g/mol.